The SMILES string of the molecule is CCOC(=O)c1ccc2c(=O)c3cc(OOC)ccc3sc2c1. The lowest BCUT2D eigenvalue weighted by Crippen LogP contribution is -2.06. The Bertz CT molecular complexity index is 945. The zero-order valence-electron chi connectivity index (χ0n) is 12.6. The molecule has 2 aromatic carbocycles. The Morgan fingerprint density at radius 1 is 1.09 bits per heavy atom. The number of hydrogen-bond donors (Lipinski definition) is 0. The molecule has 1 heterocycles. The van der Waals surface area contributed by atoms with E-state index in [0.29, 0.717) is 28.7 Å². The van der Waals surface area contributed by atoms with E-state index in [-0.39, 0.29) is 5.43 Å². The Hall–Kier alpha value is -2.44. The van der Waals surface area contributed by atoms with Gasteiger partial charge in [-0.25, -0.2) is 4.79 Å². The predicted octanol–water partition coefficient (Wildman–Crippen LogP) is 3.53. The Morgan fingerprint density at radius 3 is 2.65 bits per heavy atom. The van der Waals surface area contributed by atoms with Crippen LogP contribution in [-0.4, -0.2) is 19.7 Å². The van der Waals surface area contributed by atoms with Gasteiger partial charge in [0.2, 0.25) is 0 Å². The van der Waals surface area contributed by atoms with Crippen molar-refractivity contribution in [1.29, 1.82) is 0 Å². The molecular weight excluding hydrogens is 316 g/mol. The number of benzene rings is 2. The third kappa shape index (κ3) is 2.91. The Balaban J connectivity index is 2.19. The first-order valence-electron chi connectivity index (χ1n) is 7.02. The molecule has 0 atom stereocenters. The van der Waals surface area contributed by atoms with Crippen LogP contribution in [-0.2, 0) is 9.62 Å². The predicted molar refractivity (Wildman–Crippen MR) is 89.2 cm³/mol. The maximum Gasteiger partial charge on any atom is 0.338 e. The summed E-state index contributed by atoms with van der Waals surface area (Å²) < 4.78 is 6.55. The van der Waals surface area contributed by atoms with E-state index in [0.717, 1.165) is 9.40 Å². The second-order valence-corrected chi connectivity index (χ2v) is 5.85. The topological polar surface area (TPSA) is 61.8 Å². The number of fused-ring (bicyclic) bond motifs is 2. The van der Waals surface area contributed by atoms with Gasteiger partial charge in [0.15, 0.2) is 11.2 Å². The van der Waals surface area contributed by atoms with Gasteiger partial charge in [0, 0.05) is 20.2 Å². The summed E-state index contributed by atoms with van der Waals surface area (Å²) in [6.45, 7) is 2.07. The average molecular weight is 330 g/mol. The third-order valence-electron chi connectivity index (χ3n) is 3.33. The lowest BCUT2D eigenvalue weighted by Gasteiger charge is -2.06. The molecule has 0 aliphatic rings. The average Bonchev–Trinajstić information content (AvgIpc) is 2.56. The lowest BCUT2D eigenvalue weighted by molar-refractivity contribution is -0.178. The van der Waals surface area contributed by atoms with Crippen molar-refractivity contribution in [3.63, 3.8) is 0 Å². The van der Waals surface area contributed by atoms with Crippen LogP contribution in [0.2, 0.25) is 0 Å². The Morgan fingerprint density at radius 2 is 1.91 bits per heavy atom. The fourth-order valence-corrected chi connectivity index (χ4v) is 3.41. The molecule has 0 unspecified atom stereocenters. The highest BCUT2D eigenvalue weighted by molar-refractivity contribution is 7.24. The second kappa shape index (κ2) is 6.36. The van der Waals surface area contributed by atoms with Gasteiger partial charge in [-0.1, -0.05) is 0 Å². The smallest absolute Gasteiger partial charge is 0.338 e. The summed E-state index contributed by atoms with van der Waals surface area (Å²) in [4.78, 5) is 34.1. The van der Waals surface area contributed by atoms with Crippen LogP contribution in [0.25, 0.3) is 20.2 Å². The van der Waals surface area contributed by atoms with Gasteiger partial charge in [0.05, 0.1) is 19.3 Å². The van der Waals surface area contributed by atoms with Gasteiger partial charge in [-0.2, -0.15) is 4.89 Å². The van der Waals surface area contributed by atoms with Crippen molar-refractivity contribution in [2.45, 2.75) is 6.92 Å². The van der Waals surface area contributed by atoms with E-state index in [4.69, 9.17) is 9.62 Å². The van der Waals surface area contributed by atoms with Gasteiger partial charge < -0.3 is 9.62 Å². The molecule has 0 aliphatic carbocycles. The third-order valence-corrected chi connectivity index (χ3v) is 4.47. The molecule has 3 rings (SSSR count). The molecule has 1 aromatic heterocycles. The number of ether oxygens (including phenoxy) is 1. The largest absolute Gasteiger partial charge is 0.462 e. The van der Waals surface area contributed by atoms with Crippen LogP contribution in [0.3, 0.4) is 0 Å². The van der Waals surface area contributed by atoms with Crippen molar-refractivity contribution in [3.8, 4) is 5.75 Å². The molecule has 118 valence electrons. The number of rotatable bonds is 4. The molecule has 23 heavy (non-hydrogen) atoms. The van der Waals surface area contributed by atoms with Crippen LogP contribution >= 0.6 is 11.3 Å². The number of carbonyl (C=O) groups is 1. The molecule has 0 radical (unpaired) electrons. The summed E-state index contributed by atoms with van der Waals surface area (Å²) in [5.41, 5.74) is 0.333. The van der Waals surface area contributed by atoms with Crippen molar-refractivity contribution in [2.24, 2.45) is 0 Å². The molecule has 0 spiro atoms. The Labute approximate surface area is 135 Å². The number of esters is 1. The summed E-state index contributed by atoms with van der Waals surface area (Å²) in [6.07, 6.45) is 0. The minimum absolute atomic E-state index is 0.106. The highest BCUT2D eigenvalue weighted by Crippen LogP contribution is 2.28. The van der Waals surface area contributed by atoms with Gasteiger partial charge in [0.1, 0.15) is 0 Å². The molecule has 6 heteroatoms. The van der Waals surface area contributed by atoms with E-state index in [2.05, 4.69) is 4.89 Å². The van der Waals surface area contributed by atoms with Crippen LogP contribution < -0.4 is 10.3 Å². The van der Waals surface area contributed by atoms with Crippen molar-refractivity contribution >= 4 is 37.5 Å². The maximum atomic E-state index is 12.6. The summed E-state index contributed by atoms with van der Waals surface area (Å²) in [5, 5.41) is 1.12. The zero-order valence-corrected chi connectivity index (χ0v) is 13.4. The van der Waals surface area contributed by atoms with E-state index < -0.39 is 5.97 Å². The molecule has 0 bridgehead atoms. The number of carbonyl (C=O) groups excluding carboxylic acids is 1. The van der Waals surface area contributed by atoms with Crippen molar-refractivity contribution < 1.29 is 19.3 Å². The Kier molecular flexibility index (Phi) is 4.27. The van der Waals surface area contributed by atoms with E-state index in [1.54, 1.807) is 43.3 Å². The fraction of sp³-hybridized carbons (Fsp3) is 0.176. The summed E-state index contributed by atoms with van der Waals surface area (Å²) in [6, 6.07) is 10.1. The second-order valence-electron chi connectivity index (χ2n) is 4.77. The molecule has 0 aliphatic heterocycles. The summed E-state index contributed by atoms with van der Waals surface area (Å²) in [5.74, 6) is 0.0739. The summed E-state index contributed by atoms with van der Waals surface area (Å²) >= 11 is 1.44. The minimum atomic E-state index is -0.391. The molecular formula is C17H14O5S. The first-order chi connectivity index (χ1) is 11.1. The van der Waals surface area contributed by atoms with Crippen LogP contribution in [0.15, 0.2) is 41.2 Å². The van der Waals surface area contributed by atoms with Crippen molar-refractivity contribution in [3.05, 3.63) is 52.2 Å². The van der Waals surface area contributed by atoms with Gasteiger partial charge in [-0.05, 0) is 43.3 Å². The monoisotopic (exact) mass is 330 g/mol. The molecule has 0 saturated heterocycles. The molecule has 0 amide bonds. The molecule has 0 saturated carbocycles. The van der Waals surface area contributed by atoms with Crippen LogP contribution in [0.1, 0.15) is 17.3 Å². The van der Waals surface area contributed by atoms with E-state index in [1.165, 1.54) is 18.4 Å². The molecule has 3 aromatic rings. The standard InChI is InChI=1S/C17H14O5S/c1-3-21-17(19)10-4-6-12-15(8-10)23-14-7-5-11(22-20-2)9-13(14)16(12)18/h4-9H,3H2,1-2H3. The first kappa shape index (κ1) is 15.5. The lowest BCUT2D eigenvalue weighted by atomic mass is 10.1. The van der Waals surface area contributed by atoms with Gasteiger partial charge >= 0.3 is 5.97 Å². The summed E-state index contributed by atoms with van der Waals surface area (Å²) in [7, 11) is 1.40. The van der Waals surface area contributed by atoms with Crippen LogP contribution in [0, 0.1) is 0 Å². The van der Waals surface area contributed by atoms with Crippen LogP contribution in [0.4, 0.5) is 0 Å². The van der Waals surface area contributed by atoms with E-state index in [1.807, 2.05) is 0 Å². The first-order valence-corrected chi connectivity index (χ1v) is 7.84. The van der Waals surface area contributed by atoms with Crippen molar-refractivity contribution in [1.82, 2.24) is 0 Å². The number of hydrogen-bond acceptors (Lipinski definition) is 6. The van der Waals surface area contributed by atoms with E-state index >= 15 is 0 Å². The molecule has 5 nitrogen and oxygen atoms in total. The quantitative estimate of drug-likeness (QED) is 0.317. The van der Waals surface area contributed by atoms with E-state index in [9.17, 15) is 9.59 Å². The fourth-order valence-electron chi connectivity index (χ4n) is 2.32. The normalized spacial score (nSPS) is 10.9. The maximum absolute atomic E-state index is 12.6. The molecule has 0 fully saturated rings. The highest BCUT2D eigenvalue weighted by Gasteiger charge is 2.12. The van der Waals surface area contributed by atoms with Gasteiger partial charge in [-0.15, -0.1) is 11.3 Å². The minimum Gasteiger partial charge on any atom is -0.462 e. The molecule has 0 N–H and O–H groups in total. The van der Waals surface area contributed by atoms with Crippen molar-refractivity contribution in [2.75, 3.05) is 13.7 Å². The zero-order chi connectivity index (χ0) is 16.4. The van der Waals surface area contributed by atoms with Crippen LogP contribution in [0.5, 0.6) is 5.75 Å². The van der Waals surface area contributed by atoms with Gasteiger partial charge in [-0.3, -0.25) is 4.79 Å². The van der Waals surface area contributed by atoms with Gasteiger partial charge in [0.25, 0.3) is 0 Å². The highest BCUT2D eigenvalue weighted by atomic mass is 32.1.